The Morgan fingerprint density at radius 3 is 2.29 bits per heavy atom. The Morgan fingerprint density at radius 1 is 0.857 bits per heavy atom. The Kier molecular flexibility index (Phi) is 3.14. The fourth-order valence-electron chi connectivity index (χ4n) is 2.26. The van der Waals surface area contributed by atoms with Gasteiger partial charge in [0.2, 0.25) is 9.84 Å². The second kappa shape index (κ2) is 4.86. The summed E-state index contributed by atoms with van der Waals surface area (Å²) in [4.78, 5) is -0.446. The van der Waals surface area contributed by atoms with E-state index >= 15 is 0 Å². The van der Waals surface area contributed by atoms with Crippen molar-refractivity contribution in [2.24, 2.45) is 0 Å². The van der Waals surface area contributed by atoms with Crippen LogP contribution in [0.2, 0.25) is 0 Å². The van der Waals surface area contributed by atoms with Crippen LogP contribution in [-0.2, 0) is 9.84 Å². The number of anilines is 1. The summed E-state index contributed by atoms with van der Waals surface area (Å²) in [5, 5.41) is 1.69. The van der Waals surface area contributed by atoms with Crippen molar-refractivity contribution in [1.82, 2.24) is 0 Å². The molecule has 0 aliphatic carbocycles. The lowest BCUT2D eigenvalue weighted by Crippen LogP contribution is -2.08. The molecule has 0 saturated carbocycles. The molecule has 5 heteroatoms. The summed E-state index contributed by atoms with van der Waals surface area (Å²) in [5.41, 5.74) is 5.54. The van der Waals surface area contributed by atoms with Crippen LogP contribution in [0.5, 0.6) is 0 Å². The molecule has 0 aliphatic rings. The maximum Gasteiger partial charge on any atom is 0.211 e. The third kappa shape index (κ3) is 2.25. The molecule has 0 atom stereocenters. The minimum absolute atomic E-state index is 0.0259. The van der Waals surface area contributed by atoms with Crippen molar-refractivity contribution >= 4 is 26.3 Å². The number of rotatable bonds is 2. The Labute approximate surface area is 121 Å². The van der Waals surface area contributed by atoms with Gasteiger partial charge in [0.15, 0.2) is 0 Å². The number of halogens is 1. The molecule has 0 fully saturated rings. The van der Waals surface area contributed by atoms with Crippen LogP contribution in [0.4, 0.5) is 10.1 Å². The van der Waals surface area contributed by atoms with Gasteiger partial charge in [-0.1, -0.05) is 36.4 Å². The van der Waals surface area contributed by atoms with Gasteiger partial charge in [0.25, 0.3) is 0 Å². The number of hydrogen-bond acceptors (Lipinski definition) is 3. The van der Waals surface area contributed by atoms with Gasteiger partial charge in [-0.2, -0.15) is 0 Å². The molecule has 0 radical (unpaired) electrons. The van der Waals surface area contributed by atoms with Crippen molar-refractivity contribution in [3.63, 3.8) is 0 Å². The molecule has 3 rings (SSSR count). The fourth-order valence-corrected chi connectivity index (χ4v) is 3.73. The summed E-state index contributed by atoms with van der Waals surface area (Å²) < 4.78 is 39.1. The second-order valence-electron chi connectivity index (χ2n) is 4.67. The molecule has 0 saturated heterocycles. The maximum atomic E-state index is 13.9. The molecule has 0 bridgehead atoms. The predicted octanol–water partition coefficient (Wildman–Crippen LogP) is 3.39. The molecule has 3 aromatic carbocycles. The molecule has 0 spiro atoms. The van der Waals surface area contributed by atoms with Crippen molar-refractivity contribution in [1.29, 1.82) is 0 Å². The quantitative estimate of drug-likeness (QED) is 0.738. The summed E-state index contributed by atoms with van der Waals surface area (Å²) in [6.45, 7) is 0. The van der Waals surface area contributed by atoms with Crippen molar-refractivity contribution in [2.45, 2.75) is 9.79 Å². The lowest BCUT2D eigenvalue weighted by atomic mass is 10.1. The first kappa shape index (κ1) is 13.6. The van der Waals surface area contributed by atoms with E-state index in [-0.39, 0.29) is 10.6 Å². The summed E-state index contributed by atoms with van der Waals surface area (Å²) in [6, 6.07) is 15.9. The van der Waals surface area contributed by atoms with Gasteiger partial charge in [0.1, 0.15) is 10.7 Å². The highest BCUT2D eigenvalue weighted by molar-refractivity contribution is 7.91. The molecule has 0 heterocycles. The van der Waals surface area contributed by atoms with Crippen molar-refractivity contribution in [3.05, 3.63) is 66.5 Å². The van der Waals surface area contributed by atoms with Crippen LogP contribution in [0.3, 0.4) is 0 Å². The van der Waals surface area contributed by atoms with E-state index in [0.717, 1.165) is 16.8 Å². The van der Waals surface area contributed by atoms with Gasteiger partial charge < -0.3 is 5.73 Å². The van der Waals surface area contributed by atoms with E-state index in [1.807, 2.05) is 18.2 Å². The highest BCUT2D eigenvalue weighted by Gasteiger charge is 2.24. The highest BCUT2D eigenvalue weighted by Crippen LogP contribution is 2.30. The number of nitrogen functional groups attached to an aromatic ring is 1. The Morgan fingerprint density at radius 2 is 1.57 bits per heavy atom. The first-order valence-corrected chi connectivity index (χ1v) is 7.76. The van der Waals surface area contributed by atoms with E-state index < -0.39 is 20.5 Å². The number of nitrogens with two attached hydrogens (primary N) is 1. The molecule has 0 aliphatic heterocycles. The van der Waals surface area contributed by atoms with E-state index in [0.29, 0.717) is 0 Å². The molecular weight excluding hydrogens is 289 g/mol. The van der Waals surface area contributed by atoms with Gasteiger partial charge >= 0.3 is 0 Å². The standard InChI is InChI=1S/C16H12FNO2S/c17-14-6-3-7-15(18)16(14)21(19,20)13-9-8-11-4-1-2-5-12(11)10-13/h1-10H,18H2. The lowest BCUT2D eigenvalue weighted by molar-refractivity contribution is 0.568. The van der Waals surface area contributed by atoms with E-state index in [2.05, 4.69) is 0 Å². The normalized spacial score (nSPS) is 11.7. The van der Waals surface area contributed by atoms with Crippen LogP contribution >= 0.6 is 0 Å². The van der Waals surface area contributed by atoms with Crippen molar-refractivity contribution in [3.8, 4) is 0 Å². The summed E-state index contributed by atoms with van der Waals surface area (Å²) >= 11 is 0. The highest BCUT2D eigenvalue weighted by atomic mass is 32.2. The van der Waals surface area contributed by atoms with Gasteiger partial charge in [-0.15, -0.1) is 0 Å². The van der Waals surface area contributed by atoms with E-state index in [4.69, 9.17) is 5.73 Å². The van der Waals surface area contributed by atoms with Gasteiger partial charge in [-0.05, 0) is 35.0 Å². The van der Waals surface area contributed by atoms with E-state index in [1.165, 1.54) is 24.3 Å². The Hall–Kier alpha value is -2.40. The van der Waals surface area contributed by atoms with Gasteiger partial charge in [0.05, 0.1) is 10.6 Å². The van der Waals surface area contributed by atoms with E-state index in [9.17, 15) is 12.8 Å². The van der Waals surface area contributed by atoms with Gasteiger partial charge in [-0.25, -0.2) is 12.8 Å². The van der Waals surface area contributed by atoms with Crippen molar-refractivity contribution < 1.29 is 12.8 Å². The molecular formula is C16H12FNO2S. The summed E-state index contributed by atoms with van der Waals surface area (Å²) in [6.07, 6.45) is 0. The molecule has 21 heavy (non-hydrogen) atoms. The monoisotopic (exact) mass is 301 g/mol. The SMILES string of the molecule is Nc1cccc(F)c1S(=O)(=O)c1ccc2ccccc2c1. The Balaban J connectivity index is 2.25. The summed E-state index contributed by atoms with van der Waals surface area (Å²) in [5.74, 6) is -0.844. The smallest absolute Gasteiger partial charge is 0.211 e. The predicted molar refractivity (Wildman–Crippen MR) is 80.2 cm³/mol. The average molecular weight is 301 g/mol. The minimum atomic E-state index is -3.99. The lowest BCUT2D eigenvalue weighted by Gasteiger charge is -2.09. The molecule has 2 N–H and O–H groups in total. The zero-order valence-corrected chi connectivity index (χ0v) is 11.8. The van der Waals surface area contributed by atoms with Crippen LogP contribution in [0.15, 0.2) is 70.5 Å². The largest absolute Gasteiger partial charge is 0.398 e. The fraction of sp³-hybridized carbons (Fsp3) is 0. The zero-order chi connectivity index (χ0) is 15.0. The van der Waals surface area contributed by atoms with Crippen LogP contribution in [-0.4, -0.2) is 8.42 Å². The zero-order valence-electron chi connectivity index (χ0n) is 11.0. The van der Waals surface area contributed by atoms with Gasteiger partial charge in [0, 0.05) is 0 Å². The first-order valence-electron chi connectivity index (χ1n) is 6.28. The minimum Gasteiger partial charge on any atom is -0.398 e. The Bertz CT molecular complexity index is 916. The second-order valence-corrected chi connectivity index (χ2v) is 6.56. The van der Waals surface area contributed by atoms with Crippen LogP contribution in [0.1, 0.15) is 0 Å². The van der Waals surface area contributed by atoms with E-state index in [1.54, 1.807) is 12.1 Å². The molecule has 0 aromatic heterocycles. The third-order valence-electron chi connectivity index (χ3n) is 3.30. The number of hydrogen-bond donors (Lipinski definition) is 1. The van der Waals surface area contributed by atoms with Crippen LogP contribution in [0.25, 0.3) is 10.8 Å². The van der Waals surface area contributed by atoms with Crippen LogP contribution in [0, 0.1) is 5.82 Å². The van der Waals surface area contributed by atoms with Crippen LogP contribution < -0.4 is 5.73 Å². The number of fused-ring (bicyclic) bond motifs is 1. The molecule has 0 amide bonds. The van der Waals surface area contributed by atoms with Gasteiger partial charge in [-0.3, -0.25) is 0 Å². The number of sulfone groups is 1. The maximum absolute atomic E-state index is 13.9. The summed E-state index contributed by atoms with van der Waals surface area (Å²) in [7, 11) is -3.99. The molecule has 0 unspecified atom stereocenters. The first-order chi connectivity index (χ1) is 10.00. The molecule has 106 valence electrons. The topological polar surface area (TPSA) is 60.2 Å². The van der Waals surface area contributed by atoms with Crippen molar-refractivity contribution in [2.75, 3.05) is 5.73 Å². The molecule has 3 nitrogen and oxygen atoms in total. The third-order valence-corrected chi connectivity index (χ3v) is 5.14. The number of benzene rings is 3. The average Bonchev–Trinajstić information content (AvgIpc) is 2.46. The molecule has 3 aromatic rings.